The first-order valence-corrected chi connectivity index (χ1v) is 25.2. The fraction of sp³-hybridized carbons (Fsp3) is 0.130. The number of para-hydroxylation sites is 2. The molecule has 342 valence electrons. The van der Waals surface area contributed by atoms with Gasteiger partial charge in [0.2, 0.25) is 0 Å². The molecule has 0 saturated carbocycles. The molecule has 0 N–H and O–H groups in total. The SMILES string of the molecule is CC(C)(C)c1ccc(N(c2ccccc2)c2ccc3c(c2)C2(c4ccccc4-c4cc5c6ccccc6c6ccccc6c5cc42)c2cc(N(c4ccccc4)c4ccc(C(C)(C)C)cc4)ccc2-3)cc1. The van der Waals surface area contributed by atoms with Crippen LogP contribution >= 0.6 is 0 Å². The van der Waals surface area contributed by atoms with Crippen molar-refractivity contribution in [3.8, 4) is 22.3 Å². The van der Waals surface area contributed by atoms with Gasteiger partial charge in [-0.15, -0.1) is 0 Å². The molecule has 0 radical (unpaired) electrons. The van der Waals surface area contributed by atoms with Crippen LogP contribution < -0.4 is 9.80 Å². The van der Waals surface area contributed by atoms with E-state index in [1.165, 1.54) is 88.0 Å². The predicted molar refractivity (Wildman–Crippen MR) is 302 cm³/mol. The van der Waals surface area contributed by atoms with Crippen LogP contribution in [-0.4, -0.2) is 0 Å². The molecule has 11 aromatic carbocycles. The number of hydrogen-bond acceptors (Lipinski definition) is 2. The van der Waals surface area contributed by atoms with Gasteiger partial charge in [0, 0.05) is 34.1 Å². The second-order valence-corrected chi connectivity index (χ2v) is 21.7. The molecule has 0 fully saturated rings. The molecule has 0 aromatic heterocycles. The molecule has 0 aliphatic heterocycles. The minimum atomic E-state index is -0.652. The molecule has 2 nitrogen and oxygen atoms in total. The van der Waals surface area contributed by atoms with E-state index < -0.39 is 5.41 Å². The maximum atomic E-state index is 2.58. The normalized spacial score (nSPS) is 13.3. The zero-order valence-corrected chi connectivity index (χ0v) is 41.3. The Bertz CT molecular complexity index is 3720. The van der Waals surface area contributed by atoms with Crippen molar-refractivity contribution in [2.45, 2.75) is 57.8 Å². The molecule has 71 heavy (non-hydrogen) atoms. The fourth-order valence-electron chi connectivity index (χ4n) is 12.1. The van der Waals surface area contributed by atoms with Crippen LogP contribution in [-0.2, 0) is 16.2 Å². The number of fused-ring (bicyclic) bond motifs is 16. The summed E-state index contributed by atoms with van der Waals surface area (Å²) in [6.45, 7) is 13.7. The lowest BCUT2D eigenvalue weighted by Crippen LogP contribution is -2.26. The summed E-state index contributed by atoms with van der Waals surface area (Å²) in [5.74, 6) is 0. The molecule has 2 heteroatoms. The van der Waals surface area contributed by atoms with Crippen molar-refractivity contribution in [3.63, 3.8) is 0 Å². The average Bonchev–Trinajstić information content (AvgIpc) is 3.85. The first-order valence-electron chi connectivity index (χ1n) is 25.2. The van der Waals surface area contributed by atoms with Gasteiger partial charge in [0.15, 0.2) is 0 Å². The van der Waals surface area contributed by atoms with Crippen molar-refractivity contribution in [1.29, 1.82) is 0 Å². The van der Waals surface area contributed by atoms with Crippen LogP contribution in [0, 0.1) is 0 Å². The summed E-state index contributed by atoms with van der Waals surface area (Å²) in [6, 6.07) is 87.0. The van der Waals surface area contributed by atoms with Crippen LogP contribution in [0.5, 0.6) is 0 Å². The van der Waals surface area contributed by atoms with E-state index >= 15 is 0 Å². The van der Waals surface area contributed by atoms with Crippen molar-refractivity contribution < 1.29 is 0 Å². The summed E-state index contributed by atoms with van der Waals surface area (Å²) < 4.78 is 0. The molecule has 2 aliphatic rings. The molecule has 0 bridgehead atoms. The highest BCUT2D eigenvalue weighted by molar-refractivity contribution is 6.26. The second-order valence-electron chi connectivity index (χ2n) is 21.7. The highest BCUT2D eigenvalue weighted by atomic mass is 15.1. The van der Waals surface area contributed by atoms with E-state index in [0.717, 1.165) is 34.1 Å². The standard InChI is InChI=1S/C69H56N2/c1-67(2,3)45-29-33-49(34-30-45)70(47-19-9-7-10-20-47)51-37-39-58-59-40-38-52(71(48-21-11-8-12-22-48)50-35-31-46(32-36-50)68(4,5)6)42-65(59)69(64(58)41-51)63-28-18-17-27-57(63)62-43-60-55-25-15-13-23-53(55)54-24-14-16-26-56(54)61(60)44-66(62)69/h7-44H,1-6H3. The fourth-order valence-corrected chi connectivity index (χ4v) is 12.1. The van der Waals surface area contributed by atoms with Gasteiger partial charge in [-0.05, 0) is 184 Å². The van der Waals surface area contributed by atoms with Crippen LogP contribution in [0.4, 0.5) is 34.1 Å². The number of hydrogen-bond donors (Lipinski definition) is 0. The van der Waals surface area contributed by atoms with E-state index in [-0.39, 0.29) is 10.8 Å². The van der Waals surface area contributed by atoms with E-state index in [9.17, 15) is 0 Å². The third-order valence-electron chi connectivity index (χ3n) is 15.5. The first kappa shape index (κ1) is 42.9. The third kappa shape index (κ3) is 6.61. The molecular formula is C69H56N2. The Morgan fingerprint density at radius 3 is 1.04 bits per heavy atom. The van der Waals surface area contributed by atoms with E-state index in [1.807, 2.05) is 0 Å². The Morgan fingerprint density at radius 1 is 0.254 bits per heavy atom. The summed E-state index contributed by atoms with van der Waals surface area (Å²) in [5.41, 5.74) is 19.1. The van der Waals surface area contributed by atoms with Gasteiger partial charge in [0.25, 0.3) is 0 Å². The van der Waals surface area contributed by atoms with Crippen LogP contribution in [0.3, 0.4) is 0 Å². The topological polar surface area (TPSA) is 6.48 Å². The van der Waals surface area contributed by atoms with Gasteiger partial charge in [-0.1, -0.05) is 187 Å². The van der Waals surface area contributed by atoms with Crippen LogP contribution in [0.1, 0.15) is 74.9 Å². The molecule has 0 unspecified atom stereocenters. The number of benzene rings is 11. The van der Waals surface area contributed by atoms with Crippen molar-refractivity contribution in [3.05, 3.63) is 264 Å². The molecule has 13 rings (SSSR count). The molecule has 0 amide bonds. The van der Waals surface area contributed by atoms with Gasteiger partial charge < -0.3 is 9.80 Å². The summed E-state index contributed by atoms with van der Waals surface area (Å²) >= 11 is 0. The Labute approximate surface area is 418 Å². The average molecular weight is 913 g/mol. The summed E-state index contributed by atoms with van der Waals surface area (Å²) in [7, 11) is 0. The lowest BCUT2D eigenvalue weighted by atomic mass is 9.70. The zero-order valence-electron chi connectivity index (χ0n) is 41.3. The minimum absolute atomic E-state index is 0.0394. The van der Waals surface area contributed by atoms with Gasteiger partial charge in [-0.3, -0.25) is 0 Å². The largest absolute Gasteiger partial charge is 0.310 e. The van der Waals surface area contributed by atoms with Crippen molar-refractivity contribution in [2.24, 2.45) is 0 Å². The van der Waals surface area contributed by atoms with E-state index in [1.54, 1.807) is 0 Å². The van der Waals surface area contributed by atoms with E-state index in [2.05, 4.69) is 282 Å². The van der Waals surface area contributed by atoms with Crippen molar-refractivity contribution >= 4 is 66.4 Å². The molecule has 0 heterocycles. The first-order chi connectivity index (χ1) is 34.5. The Morgan fingerprint density at radius 2 is 0.592 bits per heavy atom. The summed E-state index contributed by atoms with van der Waals surface area (Å²) in [5, 5.41) is 7.69. The predicted octanol–water partition coefficient (Wildman–Crippen LogP) is 19.0. The highest BCUT2D eigenvalue weighted by Crippen LogP contribution is 2.65. The number of rotatable bonds is 6. The zero-order chi connectivity index (χ0) is 48.2. The molecular weight excluding hydrogens is 857 g/mol. The van der Waals surface area contributed by atoms with Gasteiger partial charge >= 0.3 is 0 Å². The lowest BCUT2D eigenvalue weighted by Gasteiger charge is -2.33. The number of nitrogens with zero attached hydrogens (tertiary/aromatic N) is 2. The van der Waals surface area contributed by atoms with Gasteiger partial charge in [-0.2, -0.15) is 0 Å². The second kappa shape index (κ2) is 15.9. The Balaban J connectivity index is 1.12. The summed E-state index contributed by atoms with van der Waals surface area (Å²) in [6.07, 6.45) is 0. The Kier molecular flexibility index (Phi) is 9.61. The van der Waals surface area contributed by atoms with E-state index in [0.29, 0.717) is 0 Å². The monoisotopic (exact) mass is 912 g/mol. The van der Waals surface area contributed by atoms with Crippen molar-refractivity contribution in [2.75, 3.05) is 9.80 Å². The molecule has 0 atom stereocenters. The minimum Gasteiger partial charge on any atom is -0.310 e. The molecule has 1 spiro atoms. The molecule has 0 saturated heterocycles. The number of anilines is 6. The quantitative estimate of drug-likeness (QED) is 0.153. The van der Waals surface area contributed by atoms with Gasteiger partial charge in [-0.25, -0.2) is 0 Å². The molecule has 2 aliphatic carbocycles. The Hall–Kier alpha value is -8.20. The van der Waals surface area contributed by atoms with Crippen molar-refractivity contribution in [1.82, 2.24) is 0 Å². The molecule has 11 aromatic rings. The van der Waals surface area contributed by atoms with Crippen LogP contribution in [0.2, 0.25) is 0 Å². The van der Waals surface area contributed by atoms with Crippen LogP contribution in [0.15, 0.2) is 231 Å². The lowest BCUT2D eigenvalue weighted by molar-refractivity contribution is 0.590. The summed E-state index contributed by atoms with van der Waals surface area (Å²) in [4.78, 5) is 4.88. The smallest absolute Gasteiger partial charge is 0.0727 e. The third-order valence-corrected chi connectivity index (χ3v) is 15.5. The van der Waals surface area contributed by atoms with Crippen LogP contribution in [0.25, 0.3) is 54.6 Å². The van der Waals surface area contributed by atoms with Gasteiger partial charge in [0.05, 0.1) is 5.41 Å². The van der Waals surface area contributed by atoms with Gasteiger partial charge in [0.1, 0.15) is 0 Å². The maximum absolute atomic E-state index is 2.58. The maximum Gasteiger partial charge on any atom is 0.0727 e. The highest BCUT2D eigenvalue weighted by Gasteiger charge is 2.52. The van der Waals surface area contributed by atoms with E-state index in [4.69, 9.17) is 0 Å².